The maximum atomic E-state index is 3.44. The number of allylic oxidation sites excluding steroid dienone is 2. The topological polar surface area (TPSA) is 3.24 Å². The third-order valence-corrected chi connectivity index (χ3v) is 3.45. The van der Waals surface area contributed by atoms with Gasteiger partial charge in [0.25, 0.3) is 0 Å². The molecule has 1 nitrogen and oxygen atoms in total. The van der Waals surface area contributed by atoms with Gasteiger partial charge in [-0.25, -0.2) is 6.08 Å². The fourth-order valence-electron chi connectivity index (χ4n) is 2.16. The van der Waals surface area contributed by atoms with Crippen molar-refractivity contribution >= 4 is 37.2 Å². The molecular weight excluding hydrogens is 479 g/mol. The van der Waals surface area contributed by atoms with Crippen LogP contribution in [0.2, 0.25) is 0 Å². The second-order valence-electron chi connectivity index (χ2n) is 4.53. The van der Waals surface area contributed by atoms with E-state index in [4.69, 9.17) is 0 Å². The van der Waals surface area contributed by atoms with Crippen LogP contribution in [0.25, 0.3) is 0 Å². The van der Waals surface area contributed by atoms with Crippen LogP contribution in [0.15, 0.2) is 48.1 Å². The van der Waals surface area contributed by atoms with Gasteiger partial charge in [0.2, 0.25) is 0 Å². The molecule has 112 valence electrons. The maximum absolute atomic E-state index is 3.44. The zero-order chi connectivity index (χ0) is 11.6. The summed E-state index contributed by atoms with van der Waals surface area (Å²) in [6, 6.07) is 10.6. The van der Waals surface area contributed by atoms with Gasteiger partial charge < -0.3 is 0 Å². The molecule has 1 aromatic rings. The monoisotopic (exact) mass is 500 g/mol. The van der Waals surface area contributed by atoms with E-state index in [1.807, 2.05) is 0 Å². The molecule has 1 aromatic carbocycles. The molecular formula is C15H21Cl3HfN-. The summed E-state index contributed by atoms with van der Waals surface area (Å²) in [5.74, 6) is 0. The molecule has 5 heteroatoms. The van der Waals surface area contributed by atoms with Crippen molar-refractivity contribution in [2.75, 3.05) is 14.1 Å². The fraction of sp³-hybridized carbons (Fsp3) is 0.333. The van der Waals surface area contributed by atoms with E-state index in [0.29, 0.717) is 0 Å². The van der Waals surface area contributed by atoms with E-state index in [1.165, 1.54) is 11.1 Å². The zero-order valence-corrected chi connectivity index (χ0v) is 18.0. The minimum Gasteiger partial charge on any atom is -0.299 e. The van der Waals surface area contributed by atoms with Crippen molar-refractivity contribution in [3.63, 3.8) is 0 Å². The van der Waals surface area contributed by atoms with Crippen LogP contribution < -0.4 is 0 Å². The normalized spacial score (nSPS) is 14.9. The third kappa shape index (κ3) is 4.99. The molecule has 0 amide bonds. The number of hydrogen-bond donors (Lipinski definition) is 0. The van der Waals surface area contributed by atoms with Gasteiger partial charge in [-0.15, -0.1) is 43.6 Å². The van der Waals surface area contributed by atoms with Crippen LogP contribution >= 0.6 is 37.2 Å². The summed E-state index contributed by atoms with van der Waals surface area (Å²) >= 11 is 0. The van der Waals surface area contributed by atoms with E-state index in [9.17, 15) is 0 Å². The Morgan fingerprint density at radius 1 is 1.05 bits per heavy atom. The molecule has 0 saturated heterocycles. The number of nitrogens with zero attached hydrogens (tertiary/aromatic N) is 1. The van der Waals surface area contributed by atoms with E-state index in [2.05, 4.69) is 74.5 Å². The largest absolute Gasteiger partial charge is 0.299 e. The Morgan fingerprint density at radius 3 is 2.00 bits per heavy atom. The van der Waals surface area contributed by atoms with Crippen LogP contribution in [0, 0.1) is 6.08 Å². The molecule has 0 spiro atoms. The molecule has 1 aliphatic carbocycles. The molecule has 0 bridgehead atoms. The van der Waals surface area contributed by atoms with Gasteiger partial charge in [0.15, 0.2) is 0 Å². The van der Waals surface area contributed by atoms with E-state index in [1.54, 1.807) is 0 Å². The summed E-state index contributed by atoms with van der Waals surface area (Å²) in [6.45, 7) is 2.25. The van der Waals surface area contributed by atoms with Crippen LogP contribution in [0.5, 0.6) is 0 Å². The van der Waals surface area contributed by atoms with Crippen molar-refractivity contribution in [2.45, 2.75) is 18.9 Å². The van der Waals surface area contributed by atoms with Crippen LogP contribution in [0.3, 0.4) is 0 Å². The molecule has 1 atom stereocenters. The first-order chi connectivity index (χ1) is 7.65. The molecule has 1 aliphatic rings. The Labute approximate surface area is 159 Å². The SMILES string of the molecule is CN(C)C(C)(C1=[C-]CC=C1)c1ccccc1.Cl.Cl.Cl.[Hf]. The van der Waals surface area contributed by atoms with Crippen molar-refractivity contribution in [1.29, 1.82) is 0 Å². The number of likely N-dealkylation sites (N-methyl/N-ethyl adjacent to an activating group) is 1. The average Bonchev–Trinajstić information content (AvgIpc) is 2.82. The van der Waals surface area contributed by atoms with Crippen molar-refractivity contribution in [2.24, 2.45) is 0 Å². The van der Waals surface area contributed by atoms with Gasteiger partial charge in [-0.1, -0.05) is 30.3 Å². The summed E-state index contributed by atoms with van der Waals surface area (Å²) in [5, 5.41) is 0. The second kappa shape index (κ2) is 11.0. The van der Waals surface area contributed by atoms with E-state index < -0.39 is 0 Å². The van der Waals surface area contributed by atoms with Crippen molar-refractivity contribution in [3.05, 3.63) is 59.7 Å². The Balaban J connectivity index is -0.000000722. The van der Waals surface area contributed by atoms with E-state index in [0.717, 1.165) is 6.42 Å². The first kappa shape index (κ1) is 25.4. The van der Waals surface area contributed by atoms with Crippen LogP contribution in [-0.4, -0.2) is 19.0 Å². The minimum atomic E-state index is -0.0751. The Bertz CT molecular complexity index is 432. The van der Waals surface area contributed by atoms with Gasteiger partial charge in [0.1, 0.15) is 0 Å². The Kier molecular flexibility index (Phi) is 14.0. The maximum Gasteiger partial charge on any atom is 0.0348 e. The quantitative estimate of drug-likeness (QED) is 0.439. The van der Waals surface area contributed by atoms with Gasteiger partial charge in [-0.2, -0.15) is 11.6 Å². The zero-order valence-electron chi connectivity index (χ0n) is 11.9. The molecule has 0 heterocycles. The molecule has 0 fully saturated rings. The average molecular weight is 500 g/mol. The summed E-state index contributed by atoms with van der Waals surface area (Å²) in [6.07, 6.45) is 8.73. The standard InChI is InChI=1S/C15H18N.3ClH.Hf/c1-15(16(2)3,14-11-7-8-12-14)13-9-5-4-6-10-13;;;;/h4-7,9-11H,8H2,1-3H3;3*1H;/q-1;;;;. The third-order valence-electron chi connectivity index (χ3n) is 3.45. The molecule has 0 aromatic heterocycles. The van der Waals surface area contributed by atoms with E-state index in [-0.39, 0.29) is 68.6 Å². The molecule has 20 heavy (non-hydrogen) atoms. The van der Waals surface area contributed by atoms with Crippen LogP contribution in [0.1, 0.15) is 18.9 Å². The first-order valence-corrected chi connectivity index (χ1v) is 5.66. The smallest absolute Gasteiger partial charge is 0.0348 e. The summed E-state index contributed by atoms with van der Waals surface area (Å²) < 4.78 is 0. The molecule has 2 rings (SSSR count). The van der Waals surface area contributed by atoms with Gasteiger partial charge in [0.05, 0.1) is 0 Å². The number of halogens is 3. The second-order valence-corrected chi connectivity index (χ2v) is 4.53. The molecule has 0 radical (unpaired) electrons. The summed E-state index contributed by atoms with van der Waals surface area (Å²) in [5.41, 5.74) is 2.51. The molecule has 0 aliphatic heterocycles. The summed E-state index contributed by atoms with van der Waals surface area (Å²) in [4.78, 5) is 2.25. The molecule has 1 unspecified atom stereocenters. The van der Waals surface area contributed by atoms with Crippen molar-refractivity contribution in [1.82, 2.24) is 4.90 Å². The molecule has 0 saturated carbocycles. The van der Waals surface area contributed by atoms with Crippen LogP contribution in [-0.2, 0) is 31.4 Å². The van der Waals surface area contributed by atoms with Gasteiger partial charge in [0, 0.05) is 31.4 Å². The number of benzene rings is 1. The van der Waals surface area contributed by atoms with Gasteiger partial charge in [-0.05, 0) is 26.6 Å². The predicted molar refractivity (Wildman–Crippen MR) is 89.7 cm³/mol. The van der Waals surface area contributed by atoms with Crippen LogP contribution in [0.4, 0.5) is 0 Å². The predicted octanol–water partition coefficient (Wildman–Crippen LogP) is 4.42. The fourth-order valence-corrected chi connectivity index (χ4v) is 2.16. The summed E-state index contributed by atoms with van der Waals surface area (Å²) in [7, 11) is 4.24. The molecule has 0 N–H and O–H groups in total. The Hall–Kier alpha value is 0.400. The van der Waals surface area contributed by atoms with Crippen molar-refractivity contribution < 1.29 is 25.8 Å². The van der Waals surface area contributed by atoms with Gasteiger partial charge >= 0.3 is 0 Å². The first-order valence-electron chi connectivity index (χ1n) is 5.66. The van der Waals surface area contributed by atoms with Crippen molar-refractivity contribution in [3.8, 4) is 0 Å². The Morgan fingerprint density at radius 2 is 1.60 bits per heavy atom. The van der Waals surface area contributed by atoms with E-state index >= 15 is 0 Å². The number of hydrogen-bond acceptors (Lipinski definition) is 1. The minimum absolute atomic E-state index is 0. The van der Waals surface area contributed by atoms with Gasteiger partial charge in [-0.3, -0.25) is 11.0 Å². The number of rotatable bonds is 3.